The number of hydrogen-bond acceptors (Lipinski definition) is 3. The maximum absolute atomic E-state index is 10.1. The Morgan fingerprint density at radius 1 is 0.583 bits per heavy atom. The highest BCUT2D eigenvalue weighted by Gasteiger charge is 2.18. The normalized spacial score (nSPS) is 11.3. The van der Waals surface area contributed by atoms with Crippen LogP contribution in [0, 0.1) is 22.7 Å². The molecule has 4 heteroatoms. The summed E-state index contributed by atoms with van der Waals surface area (Å²) < 4.78 is 4.58. The Morgan fingerprint density at radius 3 is 1.94 bits per heavy atom. The number of hydrogen-bond donors (Lipinski definition) is 0. The highest BCUT2D eigenvalue weighted by Crippen LogP contribution is 2.41. The van der Waals surface area contributed by atoms with E-state index >= 15 is 0 Å². The average Bonchev–Trinajstić information content (AvgIpc) is 3.47. The maximum atomic E-state index is 10.1. The van der Waals surface area contributed by atoms with Gasteiger partial charge in [0.1, 0.15) is 0 Å². The Hall–Kier alpha value is -4.90. The molecule has 0 bridgehead atoms. The number of rotatable bonds is 2. The van der Waals surface area contributed by atoms with Gasteiger partial charge >= 0.3 is 0 Å². The van der Waals surface area contributed by atoms with Crippen molar-refractivity contribution in [2.75, 3.05) is 0 Å². The summed E-state index contributed by atoms with van der Waals surface area (Å²) in [4.78, 5) is 0. The van der Waals surface area contributed by atoms with Crippen molar-refractivity contribution in [3.63, 3.8) is 0 Å². The van der Waals surface area contributed by atoms with E-state index in [1.165, 1.54) is 10.8 Å². The van der Waals surface area contributed by atoms with Gasteiger partial charge in [-0.15, -0.1) is 11.3 Å². The van der Waals surface area contributed by atoms with Gasteiger partial charge < -0.3 is 4.57 Å². The molecule has 0 aliphatic rings. The molecular weight excluding hydrogens is 458 g/mol. The maximum Gasteiger partial charge on any atom is 0.0998 e. The predicted molar refractivity (Wildman–Crippen MR) is 149 cm³/mol. The third-order valence-electron chi connectivity index (χ3n) is 6.87. The summed E-state index contributed by atoms with van der Waals surface area (Å²) in [5, 5.41) is 24.1. The van der Waals surface area contributed by atoms with E-state index in [9.17, 15) is 10.5 Å². The van der Waals surface area contributed by atoms with Crippen LogP contribution in [0.1, 0.15) is 11.1 Å². The molecule has 0 saturated carbocycles. The lowest BCUT2D eigenvalue weighted by molar-refractivity contribution is 1.18. The number of nitrogens with zero attached hydrogens (tertiary/aromatic N) is 3. The summed E-state index contributed by atoms with van der Waals surface area (Å²) in [6.07, 6.45) is 0. The topological polar surface area (TPSA) is 52.5 Å². The van der Waals surface area contributed by atoms with Crippen LogP contribution in [0.2, 0.25) is 0 Å². The molecule has 0 unspecified atom stereocenters. The minimum absolute atomic E-state index is 0.631. The van der Waals surface area contributed by atoms with Gasteiger partial charge in [-0.3, -0.25) is 0 Å². The number of thiophene rings is 1. The summed E-state index contributed by atoms with van der Waals surface area (Å²) >= 11 is 1.72. The van der Waals surface area contributed by atoms with E-state index in [4.69, 9.17) is 0 Å². The fraction of sp³-hybridized carbons (Fsp3) is 0. The van der Waals surface area contributed by atoms with Crippen LogP contribution >= 0.6 is 11.3 Å². The first-order valence-electron chi connectivity index (χ1n) is 11.7. The first-order chi connectivity index (χ1) is 17.8. The molecule has 166 valence electrons. The number of fused-ring (bicyclic) bond motifs is 6. The molecular formula is C32H17N3S. The second-order valence-electron chi connectivity index (χ2n) is 8.82. The van der Waals surface area contributed by atoms with E-state index in [1.54, 1.807) is 11.3 Å². The van der Waals surface area contributed by atoms with Crippen LogP contribution in [-0.4, -0.2) is 4.57 Å². The predicted octanol–water partition coefficient (Wildman–Crippen LogP) is 8.56. The summed E-state index contributed by atoms with van der Waals surface area (Å²) in [7, 11) is 0. The molecule has 0 spiro atoms. The van der Waals surface area contributed by atoms with Gasteiger partial charge in [0.2, 0.25) is 0 Å². The fourth-order valence-corrected chi connectivity index (χ4v) is 6.37. The largest absolute Gasteiger partial charge is 0.309 e. The van der Waals surface area contributed by atoms with E-state index in [-0.39, 0.29) is 0 Å². The average molecular weight is 476 g/mol. The van der Waals surface area contributed by atoms with Gasteiger partial charge in [0.05, 0.1) is 40.0 Å². The third kappa shape index (κ3) is 2.89. The van der Waals surface area contributed by atoms with Crippen LogP contribution in [0.15, 0.2) is 103 Å². The van der Waals surface area contributed by atoms with Crippen LogP contribution in [-0.2, 0) is 0 Å². The van der Waals surface area contributed by atoms with Crippen LogP contribution in [0.4, 0.5) is 0 Å². The Labute approximate surface area is 211 Å². The fourth-order valence-electron chi connectivity index (χ4n) is 5.31. The second kappa shape index (κ2) is 7.82. The van der Waals surface area contributed by atoms with Gasteiger partial charge in [-0.2, -0.15) is 10.5 Å². The Bertz CT molecular complexity index is 2030. The number of aromatic nitrogens is 1. The van der Waals surface area contributed by atoms with Crippen molar-refractivity contribution >= 4 is 53.3 Å². The van der Waals surface area contributed by atoms with Gasteiger partial charge in [-0.25, -0.2) is 0 Å². The van der Waals surface area contributed by atoms with Crippen molar-refractivity contribution in [2.24, 2.45) is 0 Å². The molecule has 0 aliphatic carbocycles. The zero-order chi connectivity index (χ0) is 24.2. The molecule has 36 heavy (non-hydrogen) atoms. The molecule has 0 amide bonds. The Morgan fingerprint density at radius 2 is 1.25 bits per heavy atom. The van der Waals surface area contributed by atoms with Crippen LogP contribution < -0.4 is 0 Å². The van der Waals surface area contributed by atoms with Gasteiger partial charge in [-0.05, 0) is 60.2 Å². The molecule has 7 aromatic rings. The third-order valence-corrected chi connectivity index (χ3v) is 8.02. The second-order valence-corrected chi connectivity index (χ2v) is 9.90. The molecule has 2 aromatic heterocycles. The SMILES string of the molecule is N#Cc1ccc2sc3ccc(-c4c(C#N)cccc4-n4c5ccccc5c5ccccc54)cc3c2c1. The van der Waals surface area contributed by atoms with E-state index < -0.39 is 0 Å². The lowest BCUT2D eigenvalue weighted by atomic mass is 9.96. The molecule has 0 saturated heterocycles. The van der Waals surface area contributed by atoms with Crippen molar-refractivity contribution in [2.45, 2.75) is 0 Å². The highest BCUT2D eigenvalue weighted by atomic mass is 32.1. The van der Waals surface area contributed by atoms with Gasteiger partial charge in [0.15, 0.2) is 0 Å². The summed E-state index contributed by atoms with van der Waals surface area (Å²) in [5.74, 6) is 0. The Kier molecular flexibility index (Phi) is 4.45. The summed E-state index contributed by atoms with van der Waals surface area (Å²) in [6, 6.07) is 39.7. The van der Waals surface area contributed by atoms with Gasteiger partial charge in [-0.1, -0.05) is 48.5 Å². The van der Waals surface area contributed by atoms with E-state index in [0.717, 1.165) is 48.0 Å². The summed E-state index contributed by atoms with van der Waals surface area (Å²) in [6.45, 7) is 0. The van der Waals surface area contributed by atoms with Crippen molar-refractivity contribution in [1.82, 2.24) is 4.57 Å². The number of benzene rings is 5. The van der Waals surface area contributed by atoms with E-state index in [1.807, 2.05) is 30.3 Å². The zero-order valence-corrected chi connectivity index (χ0v) is 19.9. The molecule has 2 heterocycles. The monoisotopic (exact) mass is 475 g/mol. The molecule has 7 rings (SSSR count). The molecule has 0 radical (unpaired) electrons. The van der Waals surface area contributed by atoms with E-state index in [0.29, 0.717) is 11.1 Å². The molecule has 0 fully saturated rings. The van der Waals surface area contributed by atoms with Crippen LogP contribution in [0.25, 0.3) is 58.8 Å². The minimum atomic E-state index is 0.631. The molecule has 3 nitrogen and oxygen atoms in total. The Balaban J connectivity index is 1.58. The minimum Gasteiger partial charge on any atom is -0.309 e. The zero-order valence-electron chi connectivity index (χ0n) is 19.1. The first kappa shape index (κ1) is 20.5. The van der Waals surface area contributed by atoms with E-state index in [2.05, 4.69) is 89.5 Å². The molecule has 0 atom stereocenters. The quantitative estimate of drug-likeness (QED) is 0.251. The molecule has 0 N–H and O–H groups in total. The van der Waals surface area contributed by atoms with Crippen LogP contribution in [0.5, 0.6) is 0 Å². The highest BCUT2D eigenvalue weighted by molar-refractivity contribution is 7.25. The smallest absolute Gasteiger partial charge is 0.0998 e. The van der Waals surface area contributed by atoms with Gasteiger partial charge in [0, 0.05) is 36.5 Å². The summed E-state index contributed by atoms with van der Waals surface area (Å²) in [5.41, 5.74) is 6.36. The van der Waals surface area contributed by atoms with Crippen molar-refractivity contribution in [1.29, 1.82) is 10.5 Å². The first-order valence-corrected chi connectivity index (χ1v) is 12.5. The lowest BCUT2D eigenvalue weighted by Crippen LogP contribution is -1.99. The standard InChI is InChI=1S/C32H17N3S/c33-18-20-12-14-30-25(16-20)26-17-21(13-15-31(26)36-30)32-22(19-34)6-5-11-29(32)35-27-9-3-1-7-23(27)24-8-2-4-10-28(24)35/h1-17H. The van der Waals surface area contributed by atoms with Gasteiger partial charge in [0.25, 0.3) is 0 Å². The van der Waals surface area contributed by atoms with Crippen molar-refractivity contribution in [3.05, 3.63) is 114 Å². The number of para-hydroxylation sites is 2. The number of nitriles is 2. The van der Waals surface area contributed by atoms with Crippen molar-refractivity contribution < 1.29 is 0 Å². The van der Waals surface area contributed by atoms with Crippen molar-refractivity contribution in [3.8, 4) is 29.0 Å². The van der Waals surface area contributed by atoms with Crippen LogP contribution in [0.3, 0.4) is 0 Å². The lowest BCUT2D eigenvalue weighted by Gasteiger charge is -2.15. The molecule has 0 aliphatic heterocycles. The molecule has 5 aromatic carbocycles.